The van der Waals surface area contributed by atoms with Crippen molar-refractivity contribution in [1.82, 2.24) is 10.5 Å². The van der Waals surface area contributed by atoms with Crippen LogP contribution in [0.3, 0.4) is 0 Å². The third-order valence-corrected chi connectivity index (χ3v) is 4.59. The molecule has 1 aromatic rings. The number of carbonyl (C=O) groups excluding carboxylic acids is 1. The molecule has 2 unspecified atom stereocenters. The van der Waals surface area contributed by atoms with Crippen LogP contribution in [0.15, 0.2) is 4.52 Å². The van der Waals surface area contributed by atoms with Gasteiger partial charge in [-0.3, -0.25) is 4.79 Å². The molecule has 3 rings (SSSR count). The molecule has 4 nitrogen and oxygen atoms in total. The summed E-state index contributed by atoms with van der Waals surface area (Å²) in [5.74, 6) is 1.46. The average molecular weight is 262 g/mol. The first kappa shape index (κ1) is 12.7. The Morgan fingerprint density at radius 1 is 1.21 bits per heavy atom. The van der Waals surface area contributed by atoms with E-state index in [0.29, 0.717) is 17.7 Å². The van der Waals surface area contributed by atoms with Crippen molar-refractivity contribution < 1.29 is 9.32 Å². The zero-order chi connectivity index (χ0) is 13.2. The smallest absolute Gasteiger partial charge is 0.273 e. The molecule has 1 fully saturated rings. The van der Waals surface area contributed by atoms with Gasteiger partial charge in [-0.2, -0.15) is 0 Å². The van der Waals surface area contributed by atoms with E-state index in [2.05, 4.69) is 17.4 Å². The molecule has 1 N–H and O–H groups in total. The summed E-state index contributed by atoms with van der Waals surface area (Å²) in [7, 11) is 0. The molecule has 4 heteroatoms. The number of fused-ring (bicyclic) bond motifs is 1. The van der Waals surface area contributed by atoms with E-state index in [1.807, 2.05) is 0 Å². The van der Waals surface area contributed by atoms with Crippen molar-refractivity contribution in [3.63, 3.8) is 0 Å². The number of aryl methyl sites for hydroxylation is 1. The molecule has 0 aromatic carbocycles. The zero-order valence-corrected chi connectivity index (χ0v) is 11.6. The highest BCUT2D eigenvalue weighted by Gasteiger charge is 2.28. The molecule has 0 aliphatic heterocycles. The SMILES string of the molecule is CC1CCCCC1NC(=O)c1noc2c1CCCC2. The lowest BCUT2D eigenvalue weighted by Gasteiger charge is -2.29. The van der Waals surface area contributed by atoms with Gasteiger partial charge in [0.05, 0.1) is 0 Å². The first-order valence-corrected chi connectivity index (χ1v) is 7.54. The Morgan fingerprint density at radius 2 is 2.00 bits per heavy atom. The van der Waals surface area contributed by atoms with Gasteiger partial charge in [-0.25, -0.2) is 0 Å². The Bertz CT molecular complexity index is 467. The number of nitrogens with zero attached hydrogens (tertiary/aromatic N) is 1. The number of rotatable bonds is 2. The first-order chi connectivity index (χ1) is 9.25. The van der Waals surface area contributed by atoms with Crippen molar-refractivity contribution in [2.75, 3.05) is 0 Å². The van der Waals surface area contributed by atoms with Crippen LogP contribution in [0.1, 0.15) is 67.3 Å². The molecule has 1 aromatic heterocycles. The molecule has 19 heavy (non-hydrogen) atoms. The van der Waals surface area contributed by atoms with Crippen molar-refractivity contribution in [2.45, 2.75) is 64.3 Å². The monoisotopic (exact) mass is 262 g/mol. The maximum atomic E-state index is 12.4. The first-order valence-electron chi connectivity index (χ1n) is 7.54. The fourth-order valence-corrected chi connectivity index (χ4v) is 3.33. The van der Waals surface area contributed by atoms with E-state index >= 15 is 0 Å². The Morgan fingerprint density at radius 3 is 2.84 bits per heavy atom. The lowest BCUT2D eigenvalue weighted by Crippen LogP contribution is -2.41. The molecule has 1 amide bonds. The summed E-state index contributed by atoms with van der Waals surface area (Å²) < 4.78 is 5.31. The fourth-order valence-electron chi connectivity index (χ4n) is 3.33. The average Bonchev–Trinajstić information content (AvgIpc) is 2.85. The van der Waals surface area contributed by atoms with Crippen LogP contribution in [0.25, 0.3) is 0 Å². The summed E-state index contributed by atoms with van der Waals surface area (Å²) in [5, 5.41) is 7.16. The van der Waals surface area contributed by atoms with Gasteiger partial charge >= 0.3 is 0 Å². The van der Waals surface area contributed by atoms with E-state index in [0.717, 1.165) is 43.4 Å². The quantitative estimate of drug-likeness (QED) is 0.891. The van der Waals surface area contributed by atoms with Gasteiger partial charge in [0.2, 0.25) is 0 Å². The molecule has 0 spiro atoms. The highest BCUT2D eigenvalue weighted by atomic mass is 16.5. The summed E-state index contributed by atoms with van der Waals surface area (Å²) in [4.78, 5) is 12.4. The molecule has 1 heterocycles. The Hall–Kier alpha value is -1.32. The van der Waals surface area contributed by atoms with Gasteiger partial charge in [0, 0.05) is 18.0 Å². The highest BCUT2D eigenvalue weighted by molar-refractivity contribution is 5.94. The summed E-state index contributed by atoms with van der Waals surface area (Å²) in [6, 6.07) is 0.303. The summed E-state index contributed by atoms with van der Waals surface area (Å²) >= 11 is 0. The van der Waals surface area contributed by atoms with Crippen molar-refractivity contribution in [3.8, 4) is 0 Å². The fraction of sp³-hybridized carbons (Fsp3) is 0.733. The molecule has 0 bridgehead atoms. The number of nitrogens with one attached hydrogen (secondary N) is 1. The largest absolute Gasteiger partial charge is 0.360 e. The minimum Gasteiger partial charge on any atom is -0.360 e. The van der Waals surface area contributed by atoms with E-state index in [1.165, 1.54) is 19.3 Å². The topological polar surface area (TPSA) is 55.1 Å². The number of hydrogen-bond acceptors (Lipinski definition) is 3. The van der Waals surface area contributed by atoms with Gasteiger partial charge in [0.25, 0.3) is 5.91 Å². The van der Waals surface area contributed by atoms with Crippen LogP contribution in [0.2, 0.25) is 0 Å². The molecule has 0 saturated heterocycles. The third-order valence-electron chi connectivity index (χ3n) is 4.59. The van der Waals surface area contributed by atoms with Crippen molar-refractivity contribution in [1.29, 1.82) is 0 Å². The van der Waals surface area contributed by atoms with Gasteiger partial charge in [0.1, 0.15) is 5.76 Å². The van der Waals surface area contributed by atoms with Crippen molar-refractivity contribution >= 4 is 5.91 Å². The molecule has 0 radical (unpaired) electrons. The van der Waals surface area contributed by atoms with Crippen molar-refractivity contribution in [2.24, 2.45) is 5.92 Å². The van der Waals surface area contributed by atoms with Crippen LogP contribution < -0.4 is 5.32 Å². The Balaban J connectivity index is 1.71. The predicted octanol–water partition coefficient (Wildman–Crippen LogP) is 2.86. The second-order valence-corrected chi connectivity index (χ2v) is 5.98. The minimum atomic E-state index is -0.0364. The van der Waals surface area contributed by atoms with Crippen LogP contribution in [-0.4, -0.2) is 17.1 Å². The van der Waals surface area contributed by atoms with Gasteiger partial charge in [-0.1, -0.05) is 24.9 Å². The van der Waals surface area contributed by atoms with E-state index in [-0.39, 0.29) is 5.91 Å². The van der Waals surface area contributed by atoms with Crippen LogP contribution in [0.4, 0.5) is 0 Å². The molecule has 2 atom stereocenters. The van der Waals surface area contributed by atoms with E-state index in [4.69, 9.17) is 4.52 Å². The molecular weight excluding hydrogens is 240 g/mol. The molecular formula is C15H22N2O2. The van der Waals surface area contributed by atoms with Gasteiger partial charge in [-0.15, -0.1) is 0 Å². The summed E-state index contributed by atoms with van der Waals surface area (Å²) in [5.41, 5.74) is 1.58. The Kier molecular flexibility index (Phi) is 3.58. The number of hydrogen-bond donors (Lipinski definition) is 1. The minimum absolute atomic E-state index is 0.0364. The van der Waals surface area contributed by atoms with E-state index in [9.17, 15) is 4.79 Å². The summed E-state index contributed by atoms with van der Waals surface area (Å²) in [6.07, 6.45) is 8.93. The van der Waals surface area contributed by atoms with Crippen molar-refractivity contribution in [3.05, 3.63) is 17.0 Å². The number of carbonyl (C=O) groups is 1. The van der Waals surface area contributed by atoms with E-state index in [1.54, 1.807) is 0 Å². The number of amides is 1. The molecule has 2 aliphatic rings. The van der Waals surface area contributed by atoms with Gasteiger partial charge in [0.15, 0.2) is 5.69 Å². The van der Waals surface area contributed by atoms with Gasteiger partial charge in [-0.05, 0) is 38.0 Å². The van der Waals surface area contributed by atoms with E-state index < -0.39 is 0 Å². The van der Waals surface area contributed by atoms with Gasteiger partial charge < -0.3 is 9.84 Å². The van der Waals surface area contributed by atoms with Crippen LogP contribution in [0, 0.1) is 5.92 Å². The lowest BCUT2D eigenvalue weighted by atomic mass is 9.86. The van der Waals surface area contributed by atoms with Crippen LogP contribution in [-0.2, 0) is 12.8 Å². The summed E-state index contributed by atoms with van der Waals surface area (Å²) in [6.45, 7) is 2.22. The lowest BCUT2D eigenvalue weighted by molar-refractivity contribution is 0.0900. The maximum absolute atomic E-state index is 12.4. The standard InChI is InChI=1S/C15H22N2O2/c1-10-6-2-4-8-12(10)16-15(18)14-11-7-3-5-9-13(11)19-17-14/h10,12H,2-9H2,1H3,(H,16,18). The second-order valence-electron chi connectivity index (χ2n) is 5.98. The maximum Gasteiger partial charge on any atom is 0.273 e. The normalized spacial score (nSPS) is 26.8. The zero-order valence-electron chi connectivity index (χ0n) is 11.6. The Labute approximate surface area is 113 Å². The van der Waals surface area contributed by atoms with Crippen LogP contribution in [0.5, 0.6) is 0 Å². The third kappa shape index (κ3) is 2.53. The highest BCUT2D eigenvalue weighted by Crippen LogP contribution is 2.26. The predicted molar refractivity (Wildman–Crippen MR) is 72.0 cm³/mol. The molecule has 2 aliphatic carbocycles. The second kappa shape index (κ2) is 5.35. The molecule has 1 saturated carbocycles. The number of aromatic nitrogens is 1. The molecule has 104 valence electrons. The van der Waals surface area contributed by atoms with Crippen LogP contribution >= 0.6 is 0 Å².